The molecule has 9 N–H and O–H groups in total. The van der Waals surface area contributed by atoms with E-state index in [0.717, 1.165) is 32.4 Å². The van der Waals surface area contributed by atoms with Gasteiger partial charge in [0.05, 0.1) is 58.3 Å². The average molecular weight is 1270 g/mol. The molecule has 6 aliphatic heterocycles. The lowest BCUT2D eigenvalue weighted by atomic mass is 9.78. The summed E-state index contributed by atoms with van der Waals surface area (Å²) in [6, 6.07) is -0.934. The van der Waals surface area contributed by atoms with E-state index in [1.807, 2.05) is 11.9 Å². The molecule has 2 aromatic rings. The summed E-state index contributed by atoms with van der Waals surface area (Å²) in [7, 11) is 3.41. The Morgan fingerprint density at radius 3 is 2.18 bits per heavy atom. The lowest BCUT2D eigenvalue weighted by Gasteiger charge is -2.44. The largest absolute Gasteiger partial charge is 0.507 e. The predicted octanol–water partition coefficient (Wildman–Crippen LogP) is 5.14. The summed E-state index contributed by atoms with van der Waals surface area (Å²) in [5, 5.41) is 83.2. The second-order valence-corrected chi connectivity index (χ2v) is 27.3. The van der Waals surface area contributed by atoms with Crippen LogP contribution in [0, 0.1) is 42.4 Å². The van der Waals surface area contributed by atoms with Crippen molar-refractivity contribution in [2.75, 3.05) is 51.9 Å². The number of aromatic hydroxyl groups is 2. The van der Waals surface area contributed by atoms with Crippen LogP contribution in [0.1, 0.15) is 124 Å². The standard InChI is InChI=1S/C46H62N4O11.C18H33ClN2O5S/c1-22(2)21-50-18-16-46(17-19-50)48-34-31-32-39(54)28(8)42-33(31)43(56)45(10,61-42)59-20-15-30(58-11)25(5)41(60-29(9)51)27(7)38(53)26(6)37(52)23(3)13-12-14-24(4)44(57)47-36(40(32)55)35(34)49-46;1-5-6-10-7-11(21(3)8-10)17(25)20-12(9(2)19)16-14(23)13(22)15(24)18(26-16)27-4/h12-15,20,22-23,25-27,30,37-38,41,52-55H,16-19,21H2,1-11H3,(H,47,57);9-16,18,22-24H,5-8H2,1-4H3,(H,20,25)/b13-12-,20-15-,24-14+;/t23-,25+,26+,27-,30-,37-,38+,41-,45-;9-,10+,11-,12+,13?,14?,15?,16-,18?/m00/s1. The van der Waals surface area contributed by atoms with E-state index >= 15 is 0 Å². The number of halogens is 1. The van der Waals surface area contributed by atoms with Crippen molar-refractivity contribution in [3.63, 3.8) is 0 Å². The molecule has 1 spiro atoms. The molecule has 0 aliphatic carbocycles. The number of fused-ring (bicyclic) bond motifs is 1. The van der Waals surface area contributed by atoms with Crippen LogP contribution in [0.2, 0.25) is 0 Å². The normalized spacial score (nSPS) is 34.9. The van der Waals surface area contributed by atoms with Gasteiger partial charge in [-0.3, -0.25) is 34.1 Å². The number of hydrogen-bond donors (Lipinski definition) is 9. The van der Waals surface area contributed by atoms with Gasteiger partial charge < -0.3 is 75.0 Å². The van der Waals surface area contributed by atoms with Crippen molar-refractivity contribution in [2.24, 2.45) is 45.5 Å². The number of ketones is 1. The van der Waals surface area contributed by atoms with Crippen molar-refractivity contribution in [1.82, 2.24) is 15.1 Å². The molecule has 22 nitrogen and oxygen atoms in total. The number of Topliss-reactive ketones (excluding diaryl/α,β-unsaturated/α-hetero) is 1. The molecule has 490 valence electrons. The number of ether oxygens (including phenoxy) is 5. The van der Waals surface area contributed by atoms with Crippen molar-refractivity contribution in [1.29, 1.82) is 0 Å². The smallest absolute Gasteiger partial charge is 0.312 e. The lowest BCUT2D eigenvalue weighted by Crippen LogP contribution is -2.65. The third-order valence-corrected chi connectivity index (χ3v) is 19.6. The number of thioether (sulfide) groups is 1. The van der Waals surface area contributed by atoms with Crippen LogP contribution in [0.4, 0.5) is 5.69 Å². The molecule has 6 heterocycles. The van der Waals surface area contributed by atoms with Gasteiger partial charge in [-0.25, -0.2) is 0 Å². The van der Waals surface area contributed by atoms with Crippen molar-refractivity contribution in [3.05, 3.63) is 58.0 Å². The molecular weight excluding hydrogens is 1180 g/mol. The molecule has 24 heteroatoms. The van der Waals surface area contributed by atoms with Crippen molar-refractivity contribution in [3.8, 4) is 17.2 Å². The minimum atomic E-state index is -1.96. The first-order valence-electron chi connectivity index (χ1n) is 30.8. The fourth-order valence-electron chi connectivity index (χ4n) is 13.3. The van der Waals surface area contributed by atoms with E-state index in [0.29, 0.717) is 37.8 Å². The monoisotopic (exact) mass is 1270 g/mol. The van der Waals surface area contributed by atoms with Gasteiger partial charge in [-0.05, 0) is 64.8 Å². The van der Waals surface area contributed by atoms with E-state index in [1.165, 1.54) is 39.0 Å². The quantitative estimate of drug-likeness (QED) is 0.0799. The fraction of sp³-hybridized carbons (Fsp3) is 0.688. The summed E-state index contributed by atoms with van der Waals surface area (Å²) in [6.45, 7) is 24.3. The molecule has 18 atom stereocenters. The average Bonchev–Trinajstić information content (AvgIpc) is 1.57. The number of benzene rings is 2. The third-order valence-electron chi connectivity index (χ3n) is 18.5. The Hall–Kier alpha value is -4.92. The zero-order valence-corrected chi connectivity index (χ0v) is 55.1. The number of likely N-dealkylation sites (N-methyl/N-ethyl adjacent to an activating group) is 1. The van der Waals surface area contributed by atoms with Gasteiger partial charge in [0.25, 0.3) is 11.7 Å². The number of nitrogens with one attached hydrogen (secondary N) is 2. The first kappa shape index (κ1) is 70.5. The second kappa shape index (κ2) is 29.1. The number of anilines is 1. The van der Waals surface area contributed by atoms with Crippen LogP contribution in [-0.2, 0) is 33.3 Å². The number of phenolic OH excluding ortho intramolecular Hbond substituents is 2. The maximum absolute atomic E-state index is 14.7. The van der Waals surface area contributed by atoms with Crippen LogP contribution in [0.15, 0.2) is 46.1 Å². The van der Waals surface area contributed by atoms with Gasteiger partial charge in [-0.1, -0.05) is 73.1 Å². The fourth-order valence-corrected chi connectivity index (χ4v) is 14.2. The maximum Gasteiger partial charge on any atom is 0.312 e. The highest BCUT2D eigenvalue weighted by Gasteiger charge is 2.52. The Balaban J connectivity index is 0.000000341. The number of rotatable bonds is 11. The van der Waals surface area contributed by atoms with E-state index in [4.69, 9.17) is 45.3 Å². The Bertz CT molecular complexity index is 3100. The van der Waals surface area contributed by atoms with Gasteiger partial charge >= 0.3 is 11.8 Å². The summed E-state index contributed by atoms with van der Waals surface area (Å²) < 4.78 is 29.8. The summed E-state index contributed by atoms with van der Waals surface area (Å²) in [4.78, 5) is 68.6. The van der Waals surface area contributed by atoms with Crippen LogP contribution < -0.4 is 26.1 Å². The number of allylic oxidation sites excluding steroid dienone is 2. The van der Waals surface area contributed by atoms with Crippen LogP contribution in [0.3, 0.4) is 0 Å². The Morgan fingerprint density at radius 1 is 0.920 bits per heavy atom. The number of aliphatic hydroxyl groups excluding tert-OH is 5. The van der Waals surface area contributed by atoms with Crippen molar-refractivity contribution < 1.29 is 78.6 Å². The van der Waals surface area contributed by atoms with E-state index in [-0.39, 0.29) is 67.3 Å². The number of piperidine rings is 1. The molecule has 0 saturated carbocycles. The Kier molecular flexibility index (Phi) is 23.4. The zero-order chi connectivity index (χ0) is 65.2. The number of esters is 1. The summed E-state index contributed by atoms with van der Waals surface area (Å²) in [5.41, 5.74) is -1.27. The van der Waals surface area contributed by atoms with Crippen LogP contribution in [0.25, 0.3) is 10.8 Å². The van der Waals surface area contributed by atoms with E-state index in [2.05, 4.69) is 36.3 Å². The van der Waals surface area contributed by atoms with Gasteiger partial charge in [0.1, 0.15) is 58.5 Å². The third kappa shape index (κ3) is 14.7. The molecule has 4 bridgehead atoms. The predicted molar refractivity (Wildman–Crippen MR) is 335 cm³/mol. The summed E-state index contributed by atoms with van der Waals surface area (Å²) in [6.07, 6.45) is 4.94. The lowest BCUT2D eigenvalue weighted by molar-refractivity contribution is -0.205. The minimum absolute atomic E-state index is 0.0364. The maximum atomic E-state index is 14.7. The molecule has 6 aliphatic rings. The summed E-state index contributed by atoms with van der Waals surface area (Å²) >= 11 is 7.55. The number of alkyl halides is 1. The summed E-state index contributed by atoms with van der Waals surface area (Å²) in [5.74, 6) is -6.09. The minimum Gasteiger partial charge on any atom is -0.507 e. The zero-order valence-electron chi connectivity index (χ0n) is 53.5. The number of likely N-dealkylation sites (tertiary alicyclic amines) is 2. The number of phenols is 2. The number of carbonyl (C=O) groups is 4. The van der Waals surface area contributed by atoms with E-state index in [1.54, 1.807) is 79.0 Å². The SMILES string of the molecule is CCC[C@@H]1C[C@@H](C(=O)N[C@H]([C@H](C)Cl)[C@@H]2OC(SC)C(O)C(O)C2O)N(C)C1.CO[C@H]1/C=C\O[C@@]2(C)Oc3c(C)c(O)c4c(O)c(c5c(c4c3C2=O)=NC2(CCN(CC(C)C)CC2)N=5)NC(=O)/C(C)=C/C=C\[C@H](C)[C@H](O)[C@@H](C)[C@@H](O)[C@H](C)[C@@H](OC(C)=O)[C@@H]1C. The van der Waals surface area contributed by atoms with E-state index in [9.17, 15) is 54.9 Å². The van der Waals surface area contributed by atoms with Crippen molar-refractivity contribution in [2.45, 2.75) is 198 Å². The number of carbonyl (C=O) groups excluding carboxylic acids is 4. The highest BCUT2D eigenvalue weighted by atomic mass is 35.5. The van der Waals surface area contributed by atoms with Gasteiger partial charge in [-0.2, -0.15) is 0 Å². The number of methoxy groups -OCH3 is 1. The topological polar surface area (TPSA) is 311 Å². The van der Waals surface area contributed by atoms with Crippen LogP contribution in [0.5, 0.6) is 17.2 Å². The molecule has 2 amide bonds. The van der Waals surface area contributed by atoms with Gasteiger partial charge in [-0.15, -0.1) is 23.4 Å². The molecule has 8 rings (SSSR count). The number of aliphatic hydroxyl groups is 5. The number of hydrogen-bond acceptors (Lipinski definition) is 21. The van der Waals surface area contributed by atoms with Crippen LogP contribution >= 0.6 is 23.4 Å². The van der Waals surface area contributed by atoms with Crippen LogP contribution in [-0.4, -0.2) is 199 Å². The number of nitrogens with zero attached hydrogens (tertiary/aromatic N) is 4. The molecule has 88 heavy (non-hydrogen) atoms. The highest BCUT2D eigenvalue weighted by Crippen LogP contribution is 2.50. The molecule has 4 unspecified atom stereocenters. The Labute approximate surface area is 525 Å². The molecule has 3 saturated heterocycles. The van der Waals surface area contributed by atoms with E-state index < -0.39 is 124 Å². The Morgan fingerprint density at radius 2 is 1.58 bits per heavy atom. The molecule has 3 fully saturated rings. The molecule has 0 aromatic heterocycles. The molecular formula is C64H95ClN6O16S. The highest BCUT2D eigenvalue weighted by molar-refractivity contribution is 7.99. The van der Waals surface area contributed by atoms with Gasteiger partial charge in [0.15, 0.2) is 11.4 Å². The van der Waals surface area contributed by atoms with Gasteiger partial charge in [0.2, 0.25) is 5.91 Å². The second-order valence-electron chi connectivity index (χ2n) is 25.7. The van der Waals surface area contributed by atoms with Gasteiger partial charge in [0, 0.05) is 100 Å². The molecule has 0 radical (unpaired) electrons. The first-order chi connectivity index (χ1) is 41.3. The van der Waals surface area contributed by atoms with Crippen molar-refractivity contribution >= 4 is 63.4 Å². The first-order valence-corrected chi connectivity index (χ1v) is 32.5. The number of amides is 2. The molecule has 2 aromatic carbocycles.